The van der Waals surface area contributed by atoms with Gasteiger partial charge < -0.3 is 14.7 Å². The lowest BCUT2D eigenvalue weighted by Gasteiger charge is -2.35. The van der Waals surface area contributed by atoms with E-state index < -0.39 is 64.3 Å². The Labute approximate surface area is 261 Å². The van der Waals surface area contributed by atoms with Gasteiger partial charge >= 0.3 is 12.1 Å². The second kappa shape index (κ2) is 11.2. The summed E-state index contributed by atoms with van der Waals surface area (Å²) in [6, 6.07) is 1.89. The van der Waals surface area contributed by atoms with Crippen molar-refractivity contribution in [2.24, 2.45) is 5.41 Å². The number of nitrogens with zero attached hydrogens (tertiary/aromatic N) is 3. The quantitative estimate of drug-likeness (QED) is 0.294. The third-order valence-corrected chi connectivity index (χ3v) is 10.1. The number of hydrogen-bond acceptors (Lipinski definition) is 5. The van der Waals surface area contributed by atoms with E-state index in [1.54, 1.807) is 6.92 Å². The van der Waals surface area contributed by atoms with Crippen LogP contribution >= 0.6 is 34.8 Å². The molecule has 0 spiro atoms. The van der Waals surface area contributed by atoms with Crippen molar-refractivity contribution in [2.75, 3.05) is 13.1 Å². The number of ketones is 1. The average molecular weight is 665 g/mol. The fraction of sp³-hybridized carbons (Fsp3) is 0.586. The Balaban J connectivity index is 1.49. The summed E-state index contributed by atoms with van der Waals surface area (Å²) in [6.07, 6.45) is -0.854. The van der Waals surface area contributed by atoms with Gasteiger partial charge in [0, 0.05) is 5.02 Å². The van der Waals surface area contributed by atoms with Crippen molar-refractivity contribution in [2.45, 2.75) is 88.6 Å². The molecule has 0 radical (unpaired) electrons. The molecule has 1 saturated carbocycles. The summed E-state index contributed by atoms with van der Waals surface area (Å²) in [7, 11) is 0. The number of benzene rings is 1. The maximum Gasteiger partial charge on any atom is 0.433 e. The highest BCUT2D eigenvalue weighted by molar-refractivity contribution is 6.42. The van der Waals surface area contributed by atoms with Crippen molar-refractivity contribution in [1.29, 1.82) is 0 Å². The monoisotopic (exact) mass is 663 g/mol. The summed E-state index contributed by atoms with van der Waals surface area (Å²) in [5.74, 6) is -2.70. The predicted octanol–water partition coefficient (Wildman–Crippen LogP) is 7.49. The molecule has 3 fully saturated rings. The number of fused-ring (bicyclic) bond motifs is 2. The van der Waals surface area contributed by atoms with E-state index in [-0.39, 0.29) is 52.9 Å². The van der Waals surface area contributed by atoms with Crippen LogP contribution in [0.3, 0.4) is 0 Å². The number of amides is 1. The minimum absolute atomic E-state index is 0.0481. The number of carboxylic acids is 1. The Morgan fingerprint density at radius 2 is 1.63 bits per heavy atom. The number of Topliss-reactive ketones (excluding diaryl/α,β-unsaturated/α-hetero) is 1. The summed E-state index contributed by atoms with van der Waals surface area (Å²) in [4.78, 5) is 40.3. The number of ether oxygens (including phenoxy) is 1. The van der Waals surface area contributed by atoms with Gasteiger partial charge in [0.15, 0.2) is 11.5 Å². The van der Waals surface area contributed by atoms with Gasteiger partial charge in [0.1, 0.15) is 0 Å². The predicted molar refractivity (Wildman–Crippen MR) is 153 cm³/mol. The van der Waals surface area contributed by atoms with Gasteiger partial charge in [-0.3, -0.25) is 19.1 Å². The molecule has 2 bridgehead atoms. The number of aromatic nitrogens is 2. The molecule has 1 N–H and O–H groups in total. The Hall–Kier alpha value is -2.34. The zero-order valence-corrected chi connectivity index (χ0v) is 25.8. The lowest BCUT2D eigenvalue weighted by Crippen LogP contribution is -2.47. The third-order valence-electron chi connectivity index (χ3n) is 9.28. The average Bonchev–Trinajstić information content (AvgIpc) is 3.58. The highest BCUT2D eigenvalue weighted by atomic mass is 35.5. The van der Waals surface area contributed by atoms with Crippen molar-refractivity contribution in [3.8, 4) is 0 Å². The summed E-state index contributed by atoms with van der Waals surface area (Å²) < 4.78 is 50.9. The molecule has 5 rings (SSSR count). The van der Waals surface area contributed by atoms with Crippen molar-refractivity contribution in [3.05, 3.63) is 50.2 Å². The van der Waals surface area contributed by atoms with Crippen LogP contribution in [0.4, 0.5) is 13.2 Å². The summed E-state index contributed by atoms with van der Waals surface area (Å²) in [5.41, 5.74) is -4.27. The number of carbonyl (C=O) groups excluding carboxylic acids is 2. The van der Waals surface area contributed by atoms with Crippen molar-refractivity contribution in [1.82, 2.24) is 14.7 Å². The van der Waals surface area contributed by atoms with Gasteiger partial charge in [-0.05, 0) is 77.3 Å². The van der Waals surface area contributed by atoms with Gasteiger partial charge in [0.2, 0.25) is 0 Å². The van der Waals surface area contributed by atoms with Gasteiger partial charge in [-0.2, -0.15) is 18.3 Å². The Morgan fingerprint density at radius 1 is 1.05 bits per heavy atom. The lowest BCUT2D eigenvalue weighted by atomic mass is 9.74. The molecule has 14 heteroatoms. The second-order valence-corrected chi connectivity index (χ2v) is 13.8. The minimum atomic E-state index is -4.96. The molecule has 1 amide bonds. The molecule has 43 heavy (non-hydrogen) atoms. The first kappa shape index (κ1) is 32.1. The number of rotatable bonds is 8. The van der Waals surface area contributed by atoms with E-state index in [2.05, 4.69) is 5.10 Å². The zero-order chi connectivity index (χ0) is 31.5. The fourth-order valence-electron chi connectivity index (χ4n) is 6.71. The summed E-state index contributed by atoms with van der Waals surface area (Å²) >= 11 is 18.5. The summed E-state index contributed by atoms with van der Waals surface area (Å²) in [6.45, 7) is 2.81. The van der Waals surface area contributed by atoms with Gasteiger partial charge in [-0.15, -0.1) is 0 Å². The number of aliphatic carboxylic acids is 1. The molecule has 1 aliphatic carbocycles. The van der Waals surface area contributed by atoms with Crippen LogP contribution in [0.1, 0.15) is 97.7 Å². The number of carbonyl (C=O) groups is 3. The molecule has 1 aromatic carbocycles. The van der Waals surface area contributed by atoms with E-state index in [4.69, 9.17) is 39.5 Å². The lowest BCUT2D eigenvalue weighted by molar-refractivity contribution is -0.152. The first-order valence-electron chi connectivity index (χ1n) is 14.0. The normalized spacial score (nSPS) is 28.7. The van der Waals surface area contributed by atoms with E-state index in [0.717, 1.165) is 28.6 Å². The van der Waals surface area contributed by atoms with Crippen LogP contribution in [0.2, 0.25) is 15.1 Å². The van der Waals surface area contributed by atoms with Crippen molar-refractivity contribution in [3.63, 3.8) is 0 Å². The number of alkyl halides is 3. The fourth-order valence-corrected chi connectivity index (χ4v) is 7.73. The Bertz CT molecular complexity index is 1440. The topological polar surface area (TPSA) is 102 Å². The van der Waals surface area contributed by atoms with E-state index >= 15 is 0 Å². The Kier molecular flexibility index (Phi) is 8.37. The van der Waals surface area contributed by atoms with Crippen molar-refractivity contribution < 1.29 is 37.4 Å². The van der Waals surface area contributed by atoms with Gasteiger partial charge in [-0.1, -0.05) is 34.8 Å². The largest absolute Gasteiger partial charge is 0.481 e. The number of carboxylic acid groups (broad SMARTS) is 1. The maximum atomic E-state index is 14.6. The maximum absolute atomic E-state index is 14.6. The molecule has 2 aromatic rings. The van der Waals surface area contributed by atoms with Crippen LogP contribution in [0.15, 0.2) is 18.3 Å². The second-order valence-electron chi connectivity index (χ2n) is 12.5. The zero-order valence-electron chi connectivity index (χ0n) is 23.6. The van der Waals surface area contributed by atoms with Crippen molar-refractivity contribution >= 4 is 52.5 Å². The molecule has 234 valence electrons. The van der Waals surface area contributed by atoms with Crippen LogP contribution in [0.25, 0.3) is 0 Å². The highest BCUT2D eigenvalue weighted by Crippen LogP contribution is 2.51. The van der Waals surface area contributed by atoms with Crippen LogP contribution in [-0.4, -0.2) is 61.7 Å². The summed E-state index contributed by atoms with van der Waals surface area (Å²) in [5, 5.41) is 13.6. The van der Waals surface area contributed by atoms with E-state index in [1.165, 1.54) is 12.1 Å². The first-order chi connectivity index (χ1) is 20.0. The standard InChI is InChI=1S/C29H31Cl3F3N3O5/c1-26(25(41)42)5-3-17(4-6-26)38-23(29(33,34)35)18(13-36-38)24(40)37(15-28-9-7-27(2,43-28)8-10-28)14-21(39)22-19(31)11-16(30)12-20(22)32/h11-13,17H,3-10,14-15H2,1-2H3,(H,41,42). The molecular weight excluding hydrogens is 634 g/mol. The third kappa shape index (κ3) is 6.15. The van der Waals surface area contributed by atoms with E-state index in [1.807, 2.05) is 6.92 Å². The van der Waals surface area contributed by atoms with Gasteiger partial charge in [0.05, 0.1) is 63.1 Å². The Morgan fingerprint density at radius 3 is 2.12 bits per heavy atom. The van der Waals surface area contributed by atoms with Crippen LogP contribution < -0.4 is 0 Å². The number of halogens is 6. The molecule has 2 aliphatic heterocycles. The van der Waals surface area contributed by atoms with Crippen LogP contribution in [0.5, 0.6) is 0 Å². The van der Waals surface area contributed by atoms with Crippen LogP contribution in [-0.2, 0) is 15.7 Å². The van der Waals surface area contributed by atoms with Crippen LogP contribution in [0, 0.1) is 5.41 Å². The molecule has 8 nitrogen and oxygen atoms in total. The number of hydrogen-bond donors (Lipinski definition) is 1. The highest BCUT2D eigenvalue weighted by Gasteiger charge is 2.54. The molecular formula is C29H31Cl3F3N3O5. The molecule has 3 heterocycles. The van der Waals surface area contributed by atoms with Gasteiger partial charge in [0.25, 0.3) is 5.91 Å². The molecule has 1 aromatic heterocycles. The molecule has 3 aliphatic rings. The van der Waals surface area contributed by atoms with E-state index in [0.29, 0.717) is 12.8 Å². The molecule has 0 unspecified atom stereocenters. The van der Waals surface area contributed by atoms with Gasteiger partial charge in [-0.25, -0.2) is 0 Å². The molecule has 0 atom stereocenters. The smallest absolute Gasteiger partial charge is 0.433 e. The van der Waals surface area contributed by atoms with E-state index in [9.17, 15) is 32.7 Å². The minimum Gasteiger partial charge on any atom is -0.481 e. The SMILES string of the molecule is CC12CCC(CN(CC(=O)c3c(Cl)cc(Cl)cc3Cl)C(=O)c3cnn(C4CCC(C)(C(=O)O)CC4)c3C(F)(F)F)(CC1)O2. The first-order valence-corrected chi connectivity index (χ1v) is 15.1. The molecule has 2 saturated heterocycles.